The van der Waals surface area contributed by atoms with E-state index in [2.05, 4.69) is 25.5 Å². The number of aromatic nitrogens is 3. The highest BCUT2D eigenvalue weighted by molar-refractivity contribution is 6.32. The number of halogens is 1. The molecule has 2 aliphatic rings. The van der Waals surface area contributed by atoms with E-state index < -0.39 is 4.92 Å². The van der Waals surface area contributed by atoms with Gasteiger partial charge in [-0.15, -0.1) is 0 Å². The number of nitrogens with one attached hydrogen (secondary N) is 1. The number of hydrogen-bond acceptors (Lipinski definition) is 11. The Labute approximate surface area is 183 Å². The number of morpholine rings is 2. The van der Waals surface area contributed by atoms with Gasteiger partial charge in [-0.25, -0.2) is 5.43 Å². The lowest BCUT2D eigenvalue weighted by Crippen LogP contribution is -2.40. The van der Waals surface area contributed by atoms with Crippen molar-refractivity contribution >= 4 is 41.3 Å². The average molecular weight is 449 g/mol. The number of nitro groups is 1. The smallest absolute Gasteiger partial charge is 0.288 e. The van der Waals surface area contributed by atoms with Crippen LogP contribution < -0.4 is 15.2 Å². The first kappa shape index (κ1) is 21.2. The fourth-order valence-electron chi connectivity index (χ4n) is 3.13. The molecule has 12 nitrogen and oxygen atoms in total. The number of anilines is 3. The van der Waals surface area contributed by atoms with Crippen LogP contribution in [-0.4, -0.2) is 78.7 Å². The Kier molecular flexibility index (Phi) is 6.70. The van der Waals surface area contributed by atoms with Crippen LogP contribution >= 0.6 is 11.6 Å². The van der Waals surface area contributed by atoms with Crippen molar-refractivity contribution in [1.82, 2.24) is 15.0 Å². The highest BCUT2D eigenvalue weighted by atomic mass is 35.5. The molecule has 0 atom stereocenters. The maximum absolute atomic E-state index is 11.1. The van der Waals surface area contributed by atoms with Gasteiger partial charge in [0.15, 0.2) is 0 Å². The Balaban J connectivity index is 1.55. The molecule has 31 heavy (non-hydrogen) atoms. The first-order chi connectivity index (χ1) is 15.1. The van der Waals surface area contributed by atoms with Gasteiger partial charge in [0.1, 0.15) is 5.02 Å². The number of rotatable bonds is 6. The molecule has 2 aromatic rings. The van der Waals surface area contributed by atoms with Crippen LogP contribution in [0.4, 0.5) is 23.5 Å². The van der Waals surface area contributed by atoms with Crippen molar-refractivity contribution in [3.63, 3.8) is 0 Å². The van der Waals surface area contributed by atoms with Crippen molar-refractivity contribution in [2.24, 2.45) is 5.10 Å². The second-order valence-electron chi connectivity index (χ2n) is 6.80. The summed E-state index contributed by atoms with van der Waals surface area (Å²) in [6, 6.07) is 4.43. The molecule has 3 heterocycles. The molecular weight excluding hydrogens is 428 g/mol. The standard InChI is InChI=1S/C18H21ClN8O4/c19-14-2-1-13(11-15(14)27(28)29)12-20-24-16-21-17(25-3-7-30-8-4-25)23-18(22-16)26-5-9-31-10-6-26/h1-2,11-12H,3-10H2,(H,21,22,23,24). The molecular formula is C18H21ClN8O4. The molecule has 0 radical (unpaired) electrons. The van der Waals surface area contributed by atoms with Crippen molar-refractivity contribution in [3.05, 3.63) is 38.9 Å². The Hall–Kier alpha value is -3.09. The summed E-state index contributed by atoms with van der Waals surface area (Å²) in [6.45, 7) is 5.16. The second-order valence-corrected chi connectivity index (χ2v) is 7.20. The van der Waals surface area contributed by atoms with E-state index in [4.69, 9.17) is 21.1 Å². The fraction of sp³-hybridized carbons (Fsp3) is 0.444. The molecule has 2 fully saturated rings. The summed E-state index contributed by atoms with van der Waals surface area (Å²) in [7, 11) is 0. The Morgan fingerprint density at radius 3 is 2.16 bits per heavy atom. The molecule has 0 saturated carbocycles. The van der Waals surface area contributed by atoms with Gasteiger partial charge in [0, 0.05) is 37.8 Å². The lowest BCUT2D eigenvalue weighted by Gasteiger charge is -2.30. The molecule has 4 rings (SSSR count). The number of benzene rings is 1. The largest absolute Gasteiger partial charge is 0.378 e. The molecule has 2 saturated heterocycles. The Bertz CT molecular complexity index is 927. The van der Waals surface area contributed by atoms with Crippen LogP contribution in [0.25, 0.3) is 0 Å². The maximum Gasteiger partial charge on any atom is 0.288 e. The summed E-state index contributed by atoms with van der Waals surface area (Å²) < 4.78 is 10.8. The second kappa shape index (κ2) is 9.81. The van der Waals surface area contributed by atoms with E-state index in [1.165, 1.54) is 18.3 Å². The van der Waals surface area contributed by atoms with Gasteiger partial charge in [0.05, 0.1) is 37.6 Å². The Morgan fingerprint density at radius 1 is 1.03 bits per heavy atom. The zero-order valence-electron chi connectivity index (χ0n) is 16.6. The summed E-state index contributed by atoms with van der Waals surface area (Å²) in [5.41, 5.74) is 3.13. The number of ether oxygens (including phenoxy) is 2. The number of hydrazone groups is 1. The summed E-state index contributed by atoms with van der Waals surface area (Å²) in [5, 5.41) is 15.3. The van der Waals surface area contributed by atoms with Crippen LogP contribution in [0.1, 0.15) is 5.56 Å². The monoisotopic (exact) mass is 448 g/mol. The molecule has 0 amide bonds. The van der Waals surface area contributed by atoms with Gasteiger partial charge < -0.3 is 19.3 Å². The van der Waals surface area contributed by atoms with E-state index in [0.717, 1.165) is 0 Å². The molecule has 0 aliphatic carbocycles. The molecule has 13 heteroatoms. The lowest BCUT2D eigenvalue weighted by molar-refractivity contribution is -0.384. The van der Waals surface area contributed by atoms with Gasteiger partial charge in [-0.2, -0.15) is 20.1 Å². The quantitative estimate of drug-likeness (QED) is 0.394. The van der Waals surface area contributed by atoms with Crippen LogP contribution in [0.3, 0.4) is 0 Å². The van der Waals surface area contributed by atoms with Gasteiger partial charge in [0.2, 0.25) is 17.8 Å². The predicted molar refractivity (Wildman–Crippen MR) is 115 cm³/mol. The van der Waals surface area contributed by atoms with Gasteiger partial charge in [0.25, 0.3) is 5.69 Å². The van der Waals surface area contributed by atoms with Crippen LogP contribution in [0, 0.1) is 10.1 Å². The maximum atomic E-state index is 11.1. The first-order valence-electron chi connectivity index (χ1n) is 9.74. The van der Waals surface area contributed by atoms with E-state index in [0.29, 0.717) is 70.1 Å². The minimum absolute atomic E-state index is 0.0675. The molecule has 164 valence electrons. The highest BCUT2D eigenvalue weighted by Gasteiger charge is 2.20. The summed E-state index contributed by atoms with van der Waals surface area (Å²) in [5.74, 6) is 1.36. The van der Waals surface area contributed by atoms with Crippen molar-refractivity contribution in [2.45, 2.75) is 0 Å². The highest BCUT2D eigenvalue weighted by Crippen LogP contribution is 2.24. The van der Waals surface area contributed by atoms with Crippen molar-refractivity contribution in [2.75, 3.05) is 67.8 Å². The SMILES string of the molecule is O=[N+]([O-])c1cc(C=NNc2nc(N3CCOCC3)nc(N3CCOCC3)n2)ccc1Cl. The predicted octanol–water partition coefficient (Wildman–Crippen LogP) is 1.55. The first-order valence-corrected chi connectivity index (χ1v) is 10.1. The van der Waals surface area contributed by atoms with Crippen LogP contribution in [0.2, 0.25) is 5.02 Å². The van der Waals surface area contributed by atoms with E-state index >= 15 is 0 Å². The molecule has 0 unspecified atom stereocenters. The lowest BCUT2D eigenvalue weighted by atomic mass is 10.2. The third-order valence-corrected chi connectivity index (χ3v) is 5.06. The van der Waals surface area contributed by atoms with Crippen molar-refractivity contribution < 1.29 is 14.4 Å². The van der Waals surface area contributed by atoms with Gasteiger partial charge in [-0.1, -0.05) is 17.7 Å². The van der Waals surface area contributed by atoms with Gasteiger partial charge >= 0.3 is 0 Å². The number of hydrogen-bond donors (Lipinski definition) is 1. The third kappa shape index (κ3) is 5.34. The normalized spacial score (nSPS) is 17.2. The van der Waals surface area contributed by atoms with E-state index in [1.54, 1.807) is 6.07 Å². The number of nitrogens with zero attached hydrogens (tertiary/aromatic N) is 7. The minimum atomic E-state index is -0.539. The van der Waals surface area contributed by atoms with Crippen molar-refractivity contribution in [1.29, 1.82) is 0 Å². The minimum Gasteiger partial charge on any atom is -0.378 e. The molecule has 0 spiro atoms. The van der Waals surface area contributed by atoms with Gasteiger partial charge in [-0.05, 0) is 6.07 Å². The molecule has 1 N–H and O–H groups in total. The van der Waals surface area contributed by atoms with Gasteiger partial charge in [-0.3, -0.25) is 10.1 Å². The van der Waals surface area contributed by atoms with Crippen LogP contribution in [-0.2, 0) is 9.47 Å². The average Bonchev–Trinajstić information content (AvgIpc) is 2.81. The topological polar surface area (TPSA) is 131 Å². The fourth-order valence-corrected chi connectivity index (χ4v) is 3.31. The van der Waals surface area contributed by atoms with E-state index in [9.17, 15) is 10.1 Å². The van der Waals surface area contributed by atoms with Crippen LogP contribution in [0.15, 0.2) is 23.3 Å². The molecule has 1 aromatic carbocycles. The Morgan fingerprint density at radius 2 is 1.61 bits per heavy atom. The summed E-state index contributed by atoms with van der Waals surface area (Å²) in [4.78, 5) is 28.2. The van der Waals surface area contributed by atoms with E-state index in [1.807, 2.05) is 9.80 Å². The zero-order valence-corrected chi connectivity index (χ0v) is 17.4. The number of nitro benzene ring substituents is 1. The molecule has 0 bridgehead atoms. The van der Waals surface area contributed by atoms with Crippen LogP contribution in [0.5, 0.6) is 0 Å². The third-order valence-electron chi connectivity index (χ3n) is 4.74. The van der Waals surface area contributed by atoms with Crippen molar-refractivity contribution in [3.8, 4) is 0 Å². The van der Waals surface area contributed by atoms with E-state index in [-0.39, 0.29) is 16.7 Å². The molecule has 1 aromatic heterocycles. The zero-order chi connectivity index (χ0) is 21.6. The molecule has 2 aliphatic heterocycles. The summed E-state index contributed by atoms with van der Waals surface area (Å²) >= 11 is 5.85. The summed E-state index contributed by atoms with van der Waals surface area (Å²) in [6.07, 6.45) is 1.44.